The van der Waals surface area contributed by atoms with Crippen molar-refractivity contribution < 1.29 is 32.8 Å². The second kappa shape index (κ2) is 9.05. The van der Waals surface area contributed by atoms with Crippen LogP contribution in [0.4, 0.5) is 24.0 Å². The van der Waals surface area contributed by atoms with Gasteiger partial charge in [0.1, 0.15) is 0 Å². The summed E-state index contributed by atoms with van der Waals surface area (Å²) in [6.07, 6.45) is -5.08. The number of hydrogen-bond donors (Lipinski definition) is 3. The first-order valence-electron chi connectivity index (χ1n) is 6.98. The molecule has 0 radical (unpaired) electrons. The van der Waals surface area contributed by atoms with E-state index in [-0.39, 0.29) is 11.6 Å². The lowest BCUT2D eigenvalue weighted by molar-refractivity contribution is -0.384. The molecule has 0 saturated heterocycles. The Morgan fingerprint density at radius 2 is 1.85 bits per heavy atom. The number of nitrogens with zero attached hydrogens (tertiary/aromatic N) is 2. The minimum Gasteiger partial charge on any atom is -0.475 e. The van der Waals surface area contributed by atoms with Crippen LogP contribution in [0.25, 0.3) is 11.3 Å². The van der Waals surface area contributed by atoms with Crippen LogP contribution in [-0.2, 0) is 9.59 Å². The van der Waals surface area contributed by atoms with Crippen LogP contribution < -0.4 is 11.1 Å². The third kappa shape index (κ3) is 6.99. The number of hydrogen-bond acceptors (Lipinski definition) is 7. The Labute approximate surface area is 153 Å². The quantitative estimate of drug-likeness (QED) is 0.522. The highest BCUT2D eigenvalue weighted by molar-refractivity contribution is 7.14. The molecule has 146 valence electrons. The number of rotatable bonds is 4. The van der Waals surface area contributed by atoms with Crippen LogP contribution in [0.1, 0.15) is 6.92 Å². The Balaban J connectivity index is 0.000000445. The van der Waals surface area contributed by atoms with Crippen LogP contribution in [0.15, 0.2) is 29.6 Å². The van der Waals surface area contributed by atoms with Gasteiger partial charge < -0.3 is 16.2 Å². The molecular formula is C14H13F3N4O5S. The molecule has 1 aromatic carbocycles. The number of anilines is 1. The van der Waals surface area contributed by atoms with E-state index in [1.807, 2.05) is 0 Å². The molecule has 1 atom stereocenters. The number of benzene rings is 1. The van der Waals surface area contributed by atoms with Gasteiger partial charge in [-0.2, -0.15) is 13.2 Å². The lowest BCUT2D eigenvalue weighted by Gasteiger charge is -2.03. The molecule has 0 fully saturated rings. The largest absolute Gasteiger partial charge is 0.490 e. The van der Waals surface area contributed by atoms with E-state index in [4.69, 9.17) is 15.6 Å². The zero-order valence-corrected chi connectivity index (χ0v) is 14.4. The van der Waals surface area contributed by atoms with E-state index in [0.29, 0.717) is 10.8 Å². The first kappa shape index (κ1) is 22.0. The van der Waals surface area contributed by atoms with Crippen molar-refractivity contribution in [2.24, 2.45) is 5.73 Å². The molecule has 27 heavy (non-hydrogen) atoms. The Morgan fingerprint density at radius 3 is 2.26 bits per heavy atom. The van der Waals surface area contributed by atoms with E-state index in [1.54, 1.807) is 24.4 Å². The second-order valence-electron chi connectivity index (χ2n) is 4.92. The SMILES string of the molecule is C[C@H](N)C(=O)Nc1nc(-c2ccc([N+](=O)[O-])cc2)cs1.O=C(O)C(F)(F)F. The normalized spacial score (nSPS) is 11.7. The molecule has 0 aliphatic rings. The highest BCUT2D eigenvalue weighted by Gasteiger charge is 2.38. The number of nitro benzene ring substituents is 1. The fourth-order valence-electron chi connectivity index (χ4n) is 1.44. The maximum atomic E-state index is 11.4. The number of amides is 1. The van der Waals surface area contributed by atoms with E-state index in [1.165, 1.54) is 23.5 Å². The van der Waals surface area contributed by atoms with Crippen molar-refractivity contribution in [3.8, 4) is 11.3 Å². The number of non-ortho nitro benzene ring substituents is 1. The molecule has 0 unspecified atom stereocenters. The molecule has 1 amide bonds. The van der Waals surface area contributed by atoms with E-state index in [9.17, 15) is 28.1 Å². The monoisotopic (exact) mass is 406 g/mol. The van der Waals surface area contributed by atoms with Gasteiger partial charge in [-0.05, 0) is 19.1 Å². The van der Waals surface area contributed by atoms with Gasteiger partial charge in [-0.25, -0.2) is 9.78 Å². The van der Waals surface area contributed by atoms with Gasteiger partial charge in [-0.1, -0.05) is 0 Å². The molecule has 0 spiro atoms. The van der Waals surface area contributed by atoms with Gasteiger partial charge in [0.25, 0.3) is 5.69 Å². The Hall–Kier alpha value is -3.06. The first-order chi connectivity index (χ1) is 12.4. The van der Waals surface area contributed by atoms with Crippen LogP contribution >= 0.6 is 11.3 Å². The molecule has 1 heterocycles. The number of thiazole rings is 1. The highest BCUT2D eigenvalue weighted by Crippen LogP contribution is 2.26. The number of aromatic nitrogens is 1. The predicted octanol–water partition coefficient (Wildman–Crippen LogP) is 2.64. The van der Waals surface area contributed by atoms with Gasteiger partial charge in [-0.15, -0.1) is 11.3 Å². The summed E-state index contributed by atoms with van der Waals surface area (Å²) in [5, 5.41) is 22.5. The molecule has 0 aliphatic heterocycles. The molecule has 0 bridgehead atoms. The molecule has 13 heteroatoms. The third-order valence-corrected chi connectivity index (χ3v) is 3.52. The standard InChI is InChI=1S/C12H12N4O3S.C2HF3O2/c1-7(13)11(17)15-12-14-10(6-20-12)8-2-4-9(5-3-8)16(18)19;3-2(4,5)1(6)7/h2-7H,13H2,1H3,(H,14,15,17);(H,6,7)/t7-;/m0./s1. The number of nitro groups is 1. The lowest BCUT2D eigenvalue weighted by atomic mass is 10.1. The summed E-state index contributed by atoms with van der Waals surface area (Å²) in [6.45, 7) is 1.58. The zero-order valence-electron chi connectivity index (χ0n) is 13.6. The average Bonchev–Trinajstić information content (AvgIpc) is 3.03. The minimum absolute atomic E-state index is 0.0227. The van der Waals surface area contributed by atoms with Crippen molar-refractivity contribution in [3.63, 3.8) is 0 Å². The predicted molar refractivity (Wildman–Crippen MR) is 90.2 cm³/mol. The Morgan fingerprint density at radius 1 is 1.33 bits per heavy atom. The second-order valence-corrected chi connectivity index (χ2v) is 5.78. The number of alkyl halides is 3. The first-order valence-corrected chi connectivity index (χ1v) is 7.86. The van der Waals surface area contributed by atoms with Crippen molar-refractivity contribution in [3.05, 3.63) is 39.8 Å². The number of carbonyl (C=O) groups is 2. The fourth-order valence-corrected chi connectivity index (χ4v) is 2.16. The summed E-state index contributed by atoms with van der Waals surface area (Å²) in [7, 11) is 0. The minimum atomic E-state index is -5.08. The van der Waals surface area contributed by atoms with Gasteiger partial charge in [0.2, 0.25) is 5.91 Å². The van der Waals surface area contributed by atoms with Crippen LogP contribution in [0, 0.1) is 10.1 Å². The summed E-state index contributed by atoms with van der Waals surface area (Å²) in [5.41, 5.74) is 6.86. The van der Waals surface area contributed by atoms with E-state index in [0.717, 1.165) is 5.56 Å². The number of carboxylic acid groups (broad SMARTS) is 1. The van der Waals surface area contributed by atoms with E-state index >= 15 is 0 Å². The topological polar surface area (TPSA) is 148 Å². The maximum absolute atomic E-state index is 11.4. The fraction of sp³-hybridized carbons (Fsp3) is 0.214. The molecule has 0 aliphatic carbocycles. The molecule has 0 saturated carbocycles. The van der Waals surface area contributed by atoms with Crippen LogP contribution in [-0.4, -0.2) is 39.1 Å². The molecule has 1 aromatic heterocycles. The van der Waals surface area contributed by atoms with Crippen molar-refractivity contribution in [1.29, 1.82) is 0 Å². The van der Waals surface area contributed by atoms with Crippen molar-refractivity contribution in [2.75, 3.05) is 5.32 Å². The highest BCUT2D eigenvalue weighted by atomic mass is 32.1. The summed E-state index contributed by atoms with van der Waals surface area (Å²) in [6, 6.07) is 5.44. The van der Waals surface area contributed by atoms with Crippen molar-refractivity contribution in [1.82, 2.24) is 4.98 Å². The average molecular weight is 406 g/mol. The smallest absolute Gasteiger partial charge is 0.475 e. The summed E-state index contributed by atoms with van der Waals surface area (Å²) >= 11 is 1.27. The molecule has 2 rings (SSSR count). The lowest BCUT2D eigenvalue weighted by Crippen LogP contribution is -2.32. The van der Waals surface area contributed by atoms with Gasteiger partial charge in [0.05, 0.1) is 16.7 Å². The Bertz CT molecular complexity index is 821. The zero-order chi connectivity index (χ0) is 20.8. The third-order valence-electron chi connectivity index (χ3n) is 2.76. The van der Waals surface area contributed by atoms with Crippen LogP contribution in [0.2, 0.25) is 0 Å². The summed E-state index contributed by atoms with van der Waals surface area (Å²) in [5.74, 6) is -3.07. The summed E-state index contributed by atoms with van der Waals surface area (Å²) < 4.78 is 31.7. The molecule has 2 aromatic rings. The molecule has 4 N–H and O–H groups in total. The number of carbonyl (C=O) groups excluding carboxylic acids is 1. The molecule has 9 nitrogen and oxygen atoms in total. The van der Waals surface area contributed by atoms with Gasteiger partial charge in [-0.3, -0.25) is 14.9 Å². The van der Waals surface area contributed by atoms with Crippen LogP contribution in [0.5, 0.6) is 0 Å². The molecular weight excluding hydrogens is 393 g/mol. The number of aliphatic carboxylic acids is 1. The number of nitrogens with one attached hydrogen (secondary N) is 1. The van der Waals surface area contributed by atoms with Gasteiger partial charge in [0.15, 0.2) is 5.13 Å². The summed E-state index contributed by atoms with van der Waals surface area (Å²) in [4.78, 5) is 34.7. The van der Waals surface area contributed by atoms with Crippen molar-refractivity contribution >= 4 is 34.0 Å². The number of nitrogens with two attached hydrogens (primary N) is 1. The maximum Gasteiger partial charge on any atom is 0.490 e. The van der Waals surface area contributed by atoms with Crippen molar-refractivity contribution in [2.45, 2.75) is 19.1 Å². The number of halogens is 3. The Kier molecular flexibility index (Phi) is 7.36. The van der Waals surface area contributed by atoms with Gasteiger partial charge in [0, 0.05) is 23.1 Å². The van der Waals surface area contributed by atoms with Gasteiger partial charge >= 0.3 is 12.1 Å². The van der Waals surface area contributed by atoms with E-state index < -0.39 is 23.1 Å². The number of carboxylic acids is 1. The van der Waals surface area contributed by atoms with Crippen LogP contribution in [0.3, 0.4) is 0 Å². The van der Waals surface area contributed by atoms with E-state index in [2.05, 4.69) is 10.3 Å².